The summed E-state index contributed by atoms with van der Waals surface area (Å²) in [5.74, 6) is 1.49. The Morgan fingerprint density at radius 1 is 0.628 bits per heavy atom. The fraction of sp³-hybridized carbons (Fsp3) is 0.467. The van der Waals surface area contributed by atoms with Gasteiger partial charge in [0, 0.05) is 48.8 Å². The quantitative estimate of drug-likeness (QED) is 0.102. The number of benzene rings is 2. The highest BCUT2D eigenvalue weighted by Gasteiger charge is 2.16. The van der Waals surface area contributed by atoms with Gasteiger partial charge in [-0.05, 0) is 86.4 Å². The molecule has 0 fully saturated rings. The molecule has 0 amide bonds. The summed E-state index contributed by atoms with van der Waals surface area (Å²) in [5, 5.41) is 26.4. The molecule has 2 aromatic heterocycles. The van der Waals surface area contributed by atoms with Crippen LogP contribution < -0.4 is 18.9 Å². The van der Waals surface area contributed by atoms with E-state index in [-0.39, 0.29) is 0 Å². The van der Waals surface area contributed by atoms with Gasteiger partial charge in [-0.25, -0.2) is 9.13 Å². The highest BCUT2D eigenvalue weighted by Crippen LogP contribution is 2.22. The Labute approximate surface area is 253 Å². The number of nitrogens with zero attached hydrogens (tertiary/aromatic N) is 12. The zero-order valence-electron chi connectivity index (χ0n) is 26.2. The van der Waals surface area contributed by atoms with Crippen LogP contribution in [0.1, 0.15) is 27.7 Å². The SMILES string of the molecule is CCn1nc[n+](CC)c1N=Nc1ccc(N(C)CCOCCN(C)c2ccc(N=Nc3n(CC)nc[n+]3CC)cc2)cc1. The van der Waals surface area contributed by atoms with Gasteiger partial charge < -0.3 is 14.5 Å². The average molecular weight is 589 g/mol. The van der Waals surface area contributed by atoms with E-state index in [1.807, 2.05) is 56.6 Å². The number of hydrogen-bond donors (Lipinski definition) is 0. The number of hydrogen-bond acceptors (Lipinski definition) is 9. The third kappa shape index (κ3) is 8.28. The summed E-state index contributed by atoms with van der Waals surface area (Å²) < 4.78 is 13.6. The molecule has 13 heteroatoms. The first kappa shape index (κ1) is 31.4. The van der Waals surface area contributed by atoms with Crippen LogP contribution in [-0.4, -0.2) is 60.0 Å². The van der Waals surface area contributed by atoms with E-state index in [9.17, 15) is 0 Å². The monoisotopic (exact) mass is 588 g/mol. The van der Waals surface area contributed by atoms with Crippen LogP contribution in [0.4, 0.5) is 34.6 Å². The lowest BCUT2D eigenvalue weighted by Gasteiger charge is -2.21. The number of likely N-dealkylation sites (N-methyl/N-ethyl adjacent to an activating group) is 2. The lowest BCUT2D eigenvalue weighted by molar-refractivity contribution is -0.681. The molecule has 2 heterocycles. The summed E-state index contributed by atoms with van der Waals surface area (Å²) in [6.07, 6.45) is 3.57. The molecule has 43 heavy (non-hydrogen) atoms. The first-order chi connectivity index (χ1) is 21.0. The number of rotatable bonds is 16. The summed E-state index contributed by atoms with van der Waals surface area (Å²) in [6.45, 7) is 14.1. The molecule has 0 bridgehead atoms. The summed E-state index contributed by atoms with van der Waals surface area (Å²) in [5.41, 5.74) is 3.80. The Bertz CT molecular complexity index is 1320. The molecule has 0 N–H and O–H groups in total. The van der Waals surface area contributed by atoms with Gasteiger partial charge in [-0.3, -0.25) is 0 Å². The van der Waals surface area contributed by atoms with Crippen LogP contribution in [0.5, 0.6) is 0 Å². The van der Waals surface area contributed by atoms with Crippen molar-refractivity contribution in [1.29, 1.82) is 0 Å². The first-order valence-electron chi connectivity index (χ1n) is 14.9. The van der Waals surface area contributed by atoms with Crippen LogP contribution in [0, 0.1) is 0 Å². The van der Waals surface area contributed by atoms with Gasteiger partial charge in [-0.2, -0.15) is 0 Å². The van der Waals surface area contributed by atoms with Crippen LogP contribution in [0.3, 0.4) is 0 Å². The van der Waals surface area contributed by atoms with Gasteiger partial charge in [0.05, 0.1) is 50.8 Å². The Kier molecular flexibility index (Phi) is 11.4. The highest BCUT2D eigenvalue weighted by atomic mass is 16.5. The largest absolute Gasteiger partial charge is 0.403 e. The number of anilines is 2. The van der Waals surface area contributed by atoms with Crippen molar-refractivity contribution < 1.29 is 13.9 Å². The lowest BCUT2D eigenvalue weighted by Crippen LogP contribution is -2.30. The van der Waals surface area contributed by atoms with Crippen molar-refractivity contribution >= 4 is 34.6 Å². The van der Waals surface area contributed by atoms with Crippen LogP contribution in [-0.2, 0) is 30.9 Å². The van der Waals surface area contributed by atoms with Crippen LogP contribution >= 0.6 is 0 Å². The van der Waals surface area contributed by atoms with Gasteiger partial charge in [0.2, 0.25) is 12.7 Å². The lowest BCUT2D eigenvalue weighted by atomic mass is 10.2. The van der Waals surface area contributed by atoms with Crippen molar-refractivity contribution in [3.8, 4) is 0 Å². The van der Waals surface area contributed by atoms with E-state index in [0.29, 0.717) is 13.2 Å². The Balaban J connectivity index is 1.19. The van der Waals surface area contributed by atoms with Crippen molar-refractivity contribution in [2.24, 2.45) is 20.5 Å². The maximum absolute atomic E-state index is 5.94. The van der Waals surface area contributed by atoms with Gasteiger partial charge in [0.1, 0.15) is 0 Å². The molecule has 0 unspecified atom stereocenters. The predicted molar refractivity (Wildman–Crippen MR) is 166 cm³/mol. The minimum Gasteiger partial charge on any atom is -0.378 e. The van der Waals surface area contributed by atoms with E-state index in [2.05, 4.69) is 92.7 Å². The molecule has 0 spiro atoms. The number of aryl methyl sites for hydroxylation is 4. The fourth-order valence-corrected chi connectivity index (χ4v) is 4.38. The van der Waals surface area contributed by atoms with E-state index in [1.54, 1.807) is 12.7 Å². The first-order valence-corrected chi connectivity index (χ1v) is 14.9. The molecule has 13 nitrogen and oxygen atoms in total. The molecule has 2 aromatic carbocycles. The molecule has 0 aliphatic heterocycles. The van der Waals surface area contributed by atoms with Gasteiger partial charge in [0.15, 0.2) is 0 Å². The molecule has 0 saturated carbocycles. The molecule has 0 atom stereocenters. The molecule has 4 rings (SSSR count). The molecule has 0 aliphatic rings. The van der Waals surface area contributed by atoms with Gasteiger partial charge in [-0.15, -0.1) is 9.36 Å². The maximum Gasteiger partial charge on any atom is 0.403 e. The van der Waals surface area contributed by atoms with E-state index in [4.69, 9.17) is 4.74 Å². The summed E-state index contributed by atoms with van der Waals surface area (Å²) in [6, 6.07) is 16.1. The molecule has 0 radical (unpaired) electrons. The van der Waals surface area contributed by atoms with Crippen molar-refractivity contribution in [3.63, 3.8) is 0 Å². The number of aromatic nitrogens is 6. The third-order valence-corrected chi connectivity index (χ3v) is 7.15. The summed E-state index contributed by atoms with van der Waals surface area (Å²) in [7, 11) is 4.12. The molecule has 0 saturated heterocycles. The van der Waals surface area contributed by atoms with E-state index < -0.39 is 0 Å². The van der Waals surface area contributed by atoms with Crippen molar-refractivity contribution in [1.82, 2.24) is 19.6 Å². The maximum atomic E-state index is 5.94. The van der Waals surface area contributed by atoms with Gasteiger partial charge in [-0.1, -0.05) is 10.2 Å². The average Bonchev–Trinajstić information content (AvgIpc) is 3.65. The van der Waals surface area contributed by atoms with Gasteiger partial charge in [0.25, 0.3) is 0 Å². The molecule has 0 aliphatic carbocycles. The normalized spacial score (nSPS) is 11.7. The molecular formula is C30H44N12O+2. The van der Waals surface area contributed by atoms with E-state index >= 15 is 0 Å². The standard InChI is InChI=1S/C30H44N12O/c1-7-39-23-31-41(9-3)29(39)35-33-25-11-15-27(16-12-25)37(5)19-21-43-22-20-38(6)28-17-13-26(14-18-28)34-36-30-40(8-2)24-32-42(30)10-4/h11-18,23-24H,7-10,19-22H2,1-6H3/q+2. The Morgan fingerprint density at radius 2 is 1.02 bits per heavy atom. The van der Waals surface area contributed by atoms with Crippen LogP contribution in [0.2, 0.25) is 0 Å². The third-order valence-electron chi connectivity index (χ3n) is 7.15. The molecule has 228 valence electrons. The minimum atomic E-state index is 0.634. The second-order valence-electron chi connectivity index (χ2n) is 9.95. The van der Waals surface area contributed by atoms with Crippen molar-refractivity contribution in [2.75, 3.05) is 50.2 Å². The second-order valence-corrected chi connectivity index (χ2v) is 9.95. The van der Waals surface area contributed by atoms with Gasteiger partial charge >= 0.3 is 11.9 Å². The number of azo groups is 2. The fourth-order valence-electron chi connectivity index (χ4n) is 4.38. The predicted octanol–water partition coefficient (Wildman–Crippen LogP) is 5.15. The smallest absolute Gasteiger partial charge is 0.378 e. The summed E-state index contributed by atoms with van der Waals surface area (Å²) in [4.78, 5) is 4.34. The van der Waals surface area contributed by atoms with Crippen molar-refractivity contribution in [3.05, 3.63) is 61.2 Å². The van der Waals surface area contributed by atoms with Crippen LogP contribution in [0.15, 0.2) is 81.6 Å². The summed E-state index contributed by atoms with van der Waals surface area (Å²) >= 11 is 0. The van der Waals surface area contributed by atoms with E-state index in [0.717, 1.165) is 73.9 Å². The second kappa shape index (κ2) is 15.6. The number of ether oxygens (including phenoxy) is 1. The topological polar surface area (TPSA) is 109 Å². The zero-order chi connectivity index (χ0) is 30.6. The Hall–Kier alpha value is -4.52. The van der Waals surface area contributed by atoms with Crippen LogP contribution in [0.25, 0.3) is 0 Å². The minimum absolute atomic E-state index is 0.634. The molecule has 4 aromatic rings. The van der Waals surface area contributed by atoms with Crippen molar-refractivity contribution in [2.45, 2.75) is 53.9 Å². The Morgan fingerprint density at radius 3 is 1.37 bits per heavy atom. The zero-order valence-corrected chi connectivity index (χ0v) is 26.2. The molecular weight excluding hydrogens is 544 g/mol. The highest BCUT2D eigenvalue weighted by molar-refractivity contribution is 5.53. The van der Waals surface area contributed by atoms with E-state index in [1.165, 1.54) is 0 Å².